The number of aliphatic hydroxyl groups excluding tert-OH is 1. The second kappa shape index (κ2) is 8.09. The van der Waals surface area contributed by atoms with Gasteiger partial charge in [0.05, 0.1) is 28.7 Å². The van der Waals surface area contributed by atoms with Gasteiger partial charge >= 0.3 is 0 Å². The van der Waals surface area contributed by atoms with Crippen LogP contribution in [0.3, 0.4) is 0 Å². The normalized spacial score (nSPS) is 17.8. The van der Waals surface area contributed by atoms with Gasteiger partial charge < -0.3 is 10.5 Å². The maximum atomic E-state index is 14.3. The molecule has 1 aliphatic rings. The Balaban J connectivity index is 1.77. The molecule has 32 heavy (non-hydrogen) atoms. The Hall–Kier alpha value is -3.70. The fourth-order valence-corrected chi connectivity index (χ4v) is 4.13. The lowest BCUT2D eigenvalue weighted by molar-refractivity contribution is 0.275. The zero-order chi connectivity index (χ0) is 22.2. The highest BCUT2D eigenvalue weighted by atomic mass is 19.1. The number of halogens is 2. The van der Waals surface area contributed by atoms with Gasteiger partial charge in [0.2, 0.25) is 0 Å². The Morgan fingerprint density at radius 3 is 2.72 bits per heavy atom. The second-order valence-electron chi connectivity index (χ2n) is 7.51. The summed E-state index contributed by atoms with van der Waals surface area (Å²) in [6.45, 7) is 0.392. The van der Waals surface area contributed by atoms with Gasteiger partial charge in [-0.3, -0.25) is 4.79 Å². The number of benzene rings is 2. The molecule has 11 heteroatoms. The van der Waals surface area contributed by atoms with E-state index in [1.165, 1.54) is 24.5 Å². The molecule has 0 aliphatic carbocycles. The number of aryl methyl sites for hydroxylation is 1. The van der Waals surface area contributed by atoms with Crippen LogP contribution in [0.25, 0.3) is 10.8 Å². The van der Waals surface area contributed by atoms with Crippen LogP contribution in [-0.2, 0) is 6.54 Å². The van der Waals surface area contributed by atoms with Gasteiger partial charge in [0.25, 0.3) is 5.56 Å². The molecule has 0 fully saturated rings. The van der Waals surface area contributed by atoms with Crippen LogP contribution in [0.4, 0.5) is 14.5 Å². The number of hydrogen-bond acceptors (Lipinski definition) is 7. The fraction of sp³-hybridized carbons (Fsp3) is 0.238. The predicted octanol–water partition coefficient (Wildman–Crippen LogP) is 1.98. The van der Waals surface area contributed by atoms with Gasteiger partial charge in [-0.2, -0.15) is 10.2 Å². The van der Waals surface area contributed by atoms with Crippen molar-refractivity contribution in [2.24, 2.45) is 0 Å². The highest BCUT2D eigenvalue weighted by molar-refractivity contribution is 5.96. The zero-order valence-electron chi connectivity index (χ0n) is 16.7. The van der Waals surface area contributed by atoms with Gasteiger partial charge in [0.1, 0.15) is 23.8 Å². The minimum Gasteiger partial charge on any atom is -0.396 e. The molecule has 3 heterocycles. The third kappa shape index (κ3) is 3.41. The molecule has 0 saturated carbocycles. The third-order valence-corrected chi connectivity index (χ3v) is 5.55. The van der Waals surface area contributed by atoms with E-state index in [4.69, 9.17) is 0 Å². The zero-order valence-corrected chi connectivity index (χ0v) is 16.7. The first kappa shape index (κ1) is 20.2. The van der Waals surface area contributed by atoms with E-state index in [0.717, 1.165) is 11.6 Å². The van der Waals surface area contributed by atoms with Crippen molar-refractivity contribution in [1.29, 1.82) is 0 Å². The number of anilines is 1. The van der Waals surface area contributed by atoms with Gasteiger partial charge in [-0.25, -0.2) is 29.0 Å². The lowest BCUT2D eigenvalue weighted by atomic mass is 9.88. The average Bonchev–Trinajstić information content (AvgIpc) is 3.18. The number of aromatic nitrogens is 5. The smallest absolute Gasteiger partial charge is 0.272 e. The summed E-state index contributed by atoms with van der Waals surface area (Å²) in [5, 5.41) is 20.9. The van der Waals surface area contributed by atoms with Crippen LogP contribution < -0.4 is 16.4 Å². The summed E-state index contributed by atoms with van der Waals surface area (Å²) >= 11 is 0. The Morgan fingerprint density at radius 2 is 1.94 bits per heavy atom. The van der Waals surface area contributed by atoms with Crippen molar-refractivity contribution in [3.63, 3.8) is 0 Å². The molecule has 2 atom stereocenters. The molecular formula is C21H19F2N7O2. The third-order valence-electron chi connectivity index (χ3n) is 5.55. The SMILES string of the molecule is O=c1[nH]nc2c3c(cc(F)cc13)NNC(c1ccc(F)cc1)C2c1ncnn1CCCO. The van der Waals surface area contributed by atoms with E-state index in [2.05, 4.69) is 31.1 Å². The molecule has 5 rings (SSSR count). The van der Waals surface area contributed by atoms with E-state index in [-0.39, 0.29) is 17.8 Å². The maximum absolute atomic E-state index is 14.3. The summed E-state index contributed by atoms with van der Waals surface area (Å²) in [5.41, 5.74) is 7.17. The van der Waals surface area contributed by atoms with Crippen molar-refractivity contribution in [2.75, 3.05) is 12.0 Å². The summed E-state index contributed by atoms with van der Waals surface area (Å²) < 4.78 is 29.5. The molecule has 0 amide bonds. The fourth-order valence-electron chi connectivity index (χ4n) is 4.13. The number of hydrazine groups is 1. The van der Waals surface area contributed by atoms with Crippen LogP contribution in [0.15, 0.2) is 47.5 Å². The number of hydrogen-bond donors (Lipinski definition) is 4. The summed E-state index contributed by atoms with van der Waals surface area (Å²) in [7, 11) is 0. The molecule has 164 valence electrons. The predicted molar refractivity (Wildman–Crippen MR) is 112 cm³/mol. The summed E-state index contributed by atoms with van der Waals surface area (Å²) in [4.78, 5) is 16.9. The lowest BCUT2D eigenvalue weighted by Gasteiger charge is -2.26. The highest BCUT2D eigenvalue weighted by Crippen LogP contribution is 2.41. The maximum Gasteiger partial charge on any atom is 0.272 e. The van der Waals surface area contributed by atoms with E-state index in [9.17, 15) is 18.7 Å². The molecule has 0 radical (unpaired) electrons. The molecular weight excluding hydrogens is 420 g/mol. The second-order valence-corrected chi connectivity index (χ2v) is 7.51. The summed E-state index contributed by atoms with van der Waals surface area (Å²) in [6.07, 6.45) is 1.87. The Bertz CT molecular complexity index is 1340. The van der Waals surface area contributed by atoms with Crippen LogP contribution in [0.1, 0.15) is 35.5 Å². The monoisotopic (exact) mass is 439 g/mol. The minimum absolute atomic E-state index is 0.0194. The van der Waals surface area contributed by atoms with E-state index < -0.39 is 23.3 Å². The molecule has 9 nitrogen and oxygen atoms in total. The minimum atomic E-state index is -0.583. The van der Waals surface area contributed by atoms with Gasteiger partial charge in [-0.1, -0.05) is 12.1 Å². The van der Waals surface area contributed by atoms with E-state index in [0.29, 0.717) is 35.6 Å². The van der Waals surface area contributed by atoms with Crippen LogP contribution in [0.5, 0.6) is 0 Å². The first-order valence-electron chi connectivity index (χ1n) is 10.0. The van der Waals surface area contributed by atoms with Crippen molar-refractivity contribution in [1.82, 2.24) is 30.4 Å². The highest BCUT2D eigenvalue weighted by Gasteiger charge is 2.36. The molecule has 2 aromatic heterocycles. The molecule has 0 bridgehead atoms. The van der Waals surface area contributed by atoms with E-state index in [1.54, 1.807) is 16.8 Å². The first-order valence-corrected chi connectivity index (χ1v) is 10.0. The lowest BCUT2D eigenvalue weighted by Crippen LogP contribution is -2.32. The van der Waals surface area contributed by atoms with Gasteiger partial charge in [0.15, 0.2) is 0 Å². The van der Waals surface area contributed by atoms with Crippen molar-refractivity contribution in [2.45, 2.75) is 24.9 Å². The molecule has 2 unspecified atom stereocenters. The van der Waals surface area contributed by atoms with Crippen molar-refractivity contribution in [3.8, 4) is 0 Å². The molecule has 4 N–H and O–H groups in total. The largest absolute Gasteiger partial charge is 0.396 e. The summed E-state index contributed by atoms with van der Waals surface area (Å²) in [5.74, 6) is -1.01. The number of H-pyrrole nitrogens is 1. The molecule has 4 aromatic rings. The molecule has 0 spiro atoms. The van der Waals surface area contributed by atoms with Gasteiger partial charge in [0, 0.05) is 18.5 Å². The molecule has 1 aliphatic heterocycles. The molecule has 0 saturated heterocycles. The average molecular weight is 439 g/mol. The number of nitrogens with one attached hydrogen (secondary N) is 3. The number of nitrogens with zero attached hydrogens (tertiary/aromatic N) is 4. The Morgan fingerprint density at radius 1 is 1.12 bits per heavy atom. The van der Waals surface area contributed by atoms with Crippen LogP contribution >= 0.6 is 0 Å². The Labute approximate surface area is 180 Å². The summed E-state index contributed by atoms with van der Waals surface area (Å²) in [6, 6.07) is 7.88. The first-order chi connectivity index (χ1) is 15.6. The van der Waals surface area contributed by atoms with Crippen LogP contribution in [-0.4, -0.2) is 36.7 Å². The molecule has 2 aromatic carbocycles. The van der Waals surface area contributed by atoms with E-state index in [1.807, 2.05) is 0 Å². The Kier molecular flexibility index (Phi) is 5.11. The topological polar surface area (TPSA) is 121 Å². The number of aromatic amines is 1. The number of rotatable bonds is 5. The van der Waals surface area contributed by atoms with Crippen molar-refractivity contribution < 1.29 is 13.9 Å². The van der Waals surface area contributed by atoms with Crippen LogP contribution in [0, 0.1) is 11.6 Å². The van der Waals surface area contributed by atoms with Crippen LogP contribution in [0.2, 0.25) is 0 Å². The number of aliphatic hydroxyl groups is 1. The standard InChI is InChI=1S/C21H19F2N7O2/c22-12-4-2-11(3-5-12)18-17(20-24-10-25-30(20)6-1-7-31)19-16-14(21(32)29-28-19)8-13(23)9-15(16)26-27-18/h2-5,8-10,17-18,26-27,31H,1,6-7H2,(H,29,32). The quantitative estimate of drug-likeness (QED) is 0.375. The van der Waals surface area contributed by atoms with E-state index >= 15 is 0 Å². The van der Waals surface area contributed by atoms with Gasteiger partial charge in [-0.15, -0.1) is 0 Å². The van der Waals surface area contributed by atoms with Crippen molar-refractivity contribution >= 4 is 16.5 Å². The van der Waals surface area contributed by atoms with Crippen molar-refractivity contribution in [3.05, 3.63) is 81.8 Å². The van der Waals surface area contributed by atoms with Gasteiger partial charge in [-0.05, 0) is 36.2 Å².